The first kappa shape index (κ1) is 15.3. The normalized spacial score (nSPS) is 13.1. The van der Waals surface area contributed by atoms with E-state index in [-0.39, 0.29) is 18.3 Å². The Morgan fingerprint density at radius 1 is 1.50 bits per heavy atom. The highest BCUT2D eigenvalue weighted by atomic mass is 35.5. The van der Waals surface area contributed by atoms with E-state index in [0.29, 0.717) is 6.42 Å². The number of benzene rings is 1. The van der Waals surface area contributed by atoms with Crippen molar-refractivity contribution >= 4 is 35.6 Å². The lowest BCUT2D eigenvalue weighted by Gasteiger charge is -2.17. The molecule has 0 aliphatic carbocycles. The topological polar surface area (TPSA) is 32.3 Å². The van der Waals surface area contributed by atoms with Crippen molar-refractivity contribution in [1.29, 1.82) is 0 Å². The highest BCUT2D eigenvalue weighted by Gasteiger charge is 2.25. The third-order valence-corrected chi connectivity index (χ3v) is 3.44. The summed E-state index contributed by atoms with van der Waals surface area (Å²) in [6, 6.07) is 5.76. The van der Waals surface area contributed by atoms with E-state index in [4.69, 9.17) is 11.6 Å². The van der Waals surface area contributed by atoms with Crippen LogP contribution in [0, 0.1) is 0 Å². The number of carbonyl (C=O) groups is 1. The lowest BCUT2D eigenvalue weighted by molar-refractivity contribution is -0.118. The number of fused-ring (bicyclic) bond motifs is 1. The van der Waals surface area contributed by atoms with Crippen molar-refractivity contribution in [2.75, 3.05) is 25.0 Å². The van der Waals surface area contributed by atoms with Crippen LogP contribution in [0.5, 0.6) is 0 Å². The fourth-order valence-corrected chi connectivity index (χ4v) is 2.47. The molecule has 0 atom stereocenters. The molecule has 3 nitrogen and oxygen atoms in total. The van der Waals surface area contributed by atoms with E-state index in [2.05, 4.69) is 5.32 Å². The van der Waals surface area contributed by atoms with Crippen LogP contribution in [0.4, 0.5) is 5.69 Å². The molecule has 1 aliphatic rings. The van der Waals surface area contributed by atoms with Gasteiger partial charge in [-0.3, -0.25) is 4.79 Å². The predicted molar refractivity (Wildman–Crippen MR) is 77.9 cm³/mol. The Bertz CT molecular complexity index is 423. The van der Waals surface area contributed by atoms with Crippen molar-refractivity contribution < 1.29 is 4.79 Å². The van der Waals surface area contributed by atoms with Crippen molar-refractivity contribution in [3.05, 3.63) is 28.8 Å². The Kier molecular flexibility index (Phi) is 5.93. The molecule has 1 heterocycles. The van der Waals surface area contributed by atoms with Crippen LogP contribution >= 0.6 is 24.0 Å². The van der Waals surface area contributed by atoms with Crippen molar-refractivity contribution in [2.24, 2.45) is 0 Å². The summed E-state index contributed by atoms with van der Waals surface area (Å²) in [5.41, 5.74) is 2.10. The van der Waals surface area contributed by atoms with Gasteiger partial charge in [-0.05, 0) is 44.1 Å². The molecule has 100 valence electrons. The quantitative estimate of drug-likeness (QED) is 0.864. The van der Waals surface area contributed by atoms with Crippen molar-refractivity contribution in [3.8, 4) is 0 Å². The molecule has 0 fully saturated rings. The minimum absolute atomic E-state index is 0. The van der Waals surface area contributed by atoms with Crippen LogP contribution in [0.2, 0.25) is 5.02 Å². The molecule has 18 heavy (non-hydrogen) atoms. The number of nitrogens with zero attached hydrogens (tertiary/aromatic N) is 1. The maximum Gasteiger partial charge on any atom is 0.227 e. The molecule has 1 aromatic rings. The van der Waals surface area contributed by atoms with Crippen LogP contribution < -0.4 is 10.2 Å². The summed E-state index contributed by atoms with van der Waals surface area (Å²) >= 11 is 6.12. The number of carbonyl (C=O) groups excluding carboxylic acids is 1. The minimum atomic E-state index is 0. The first-order chi connectivity index (χ1) is 8.24. The fourth-order valence-electron chi connectivity index (χ4n) is 2.20. The lowest BCUT2D eigenvalue weighted by Crippen LogP contribution is -2.29. The number of nitrogens with one attached hydrogen (secondary N) is 1. The number of anilines is 1. The third kappa shape index (κ3) is 3.16. The van der Waals surface area contributed by atoms with Crippen LogP contribution in [0.25, 0.3) is 0 Å². The Hall–Kier alpha value is -0.770. The van der Waals surface area contributed by atoms with Crippen LogP contribution in [0.1, 0.15) is 18.4 Å². The zero-order valence-corrected chi connectivity index (χ0v) is 12.0. The number of halogens is 2. The summed E-state index contributed by atoms with van der Waals surface area (Å²) in [6.07, 6.45) is 2.33. The molecule has 0 radical (unpaired) electrons. The van der Waals surface area contributed by atoms with E-state index < -0.39 is 0 Å². The van der Waals surface area contributed by atoms with Crippen LogP contribution in [0.15, 0.2) is 18.2 Å². The minimum Gasteiger partial charge on any atom is -0.320 e. The monoisotopic (exact) mass is 288 g/mol. The van der Waals surface area contributed by atoms with E-state index in [1.54, 1.807) is 0 Å². The summed E-state index contributed by atoms with van der Waals surface area (Å²) < 4.78 is 0. The predicted octanol–water partition coefficient (Wildman–Crippen LogP) is 2.65. The zero-order valence-electron chi connectivity index (χ0n) is 10.4. The molecule has 1 aliphatic heterocycles. The molecule has 0 saturated heterocycles. The van der Waals surface area contributed by atoms with Gasteiger partial charge < -0.3 is 10.2 Å². The summed E-state index contributed by atoms with van der Waals surface area (Å²) in [5.74, 6) is 0.196. The first-order valence-electron chi connectivity index (χ1n) is 5.96. The largest absolute Gasteiger partial charge is 0.320 e. The van der Waals surface area contributed by atoms with Gasteiger partial charge in [-0.15, -0.1) is 12.4 Å². The number of rotatable bonds is 4. The Morgan fingerprint density at radius 2 is 2.28 bits per heavy atom. The third-order valence-electron chi connectivity index (χ3n) is 3.09. The molecule has 2 rings (SSSR count). The molecular formula is C13H18Cl2N2O. The summed E-state index contributed by atoms with van der Waals surface area (Å²) in [4.78, 5) is 13.9. The zero-order chi connectivity index (χ0) is 12.3. The van der Waals surface area contributed by atoms with Crippen LogP contribution in [-0.4, -0.2) is 26.0 Å². The van der Waals surface area contributed by atoms with Crippen molar-refractivity contribution in [2.45, 2.75) is 19.3 Å². The van der Waals surface area contributed by atoms with Crippen molar-refractivity contribution in [3.63, 3.8) is 0 Å². The highest BCUT2D eigenvalue weighted by molar-refractivity contribution is 6.32. The maximum absolute atomic E-state index is 12.0. The highest BCUT2D eigenvalue weighted by Crippen LogP contribution is 2.33. The van der Waals surface area contributed by atoms with Gasteiger partial charge in [0, 0.05) is 23.7 Å². The molecule has 0 bridgehead atoms. The fraction of sp³-hybridized carbons (Fsp3) is 0.462. The van der Waals surface area contributed by atoms with Crippen molar-refractivity contribution in [1.82, 2.24) is 5.32 Å². The van der Waals surface area contributed by atoms with Gasteiger partial charge in [-0.1, -0.05) is 17.7 Å². The van der Waals surface area contributed by atoms with E-state index in [0.717, 1.165) is 42.2 Å². The van der Waals surface area contributed by atoms with Gasteiger partial charge in [-0.2, -0.15) is 0 Å². The molecule has 1 aromatic carbocycles. The second-order valence-electron chi connectivity index (χ2n) is 4.24. The molecule has 1 amide bonds. The molecule has 0 spiro atoms. The van der Waals surface area contributed by atoms with E-state index in [9.17, 15) is 4.79 Å². The summed E-state index contributed by atoms with van der Waals surface area (Å²) in [6.45, 7) is 1.64. The van der Waals surface area contributed by atoms with Gasteiger partial charge in [0.25, 0.3) is 0 Å². The Labute approximate surface area is 119 Å². The van der Waals surface area contributed by atoms with Gasteiger partial charge >= 0.3 is 0 Å². The van der Waals surface area contributed by atoms with E-state index in [1.165, 1.54) is 0 Å². The molecule has 0 aromatic heterocycles. The second kappa shape index (κ2) is 6.98. The Balaban J connectivity index is 0.00000162. The van der Waals surface area contributed by atoms with E-state index >= 15 is 0 Å². The first-order valence-corrected chi connectivity index (χ1v) is 6.34. The standard InChI is InChI=1S/C13H17ClN2O.ClH/c1-15-8-3-6-13(17)16-9-7-10-11(14)4-2-5-12(10)16;/h2,4-5,15H,3,6-9H2,1H3;1H. The van der Waals surface area contributed by atoms with Gasteiger partial charge in [0.15, 0.2) is 0 Å². The second-order valence-corrected chi connectivity index (χ2v) is 4.65. The summed E-state index contributed by atoms with van der Waals surface area (Å²) in [5, 5.41) is 3.82. The molecule has 5 heteroatoms. The molecule has 1 N–H and O–H groups in total. The average Bonchev–Trinajstić information content (AvgIpc) is 2.74. The molecular weight excluding hydrogens is 271 g/mol. The molecule has 0 saturated carbocycles. The van der Waals surface area contributed by atoms with Gasteiger partial charge in [0.2, 0.25) is 5.91 Å². The van der Waals surface area contributed by atoms with Gasteiger partial charge in [0.05, 0.1) is 0 Å². The van der Waals surface area contributed by atoms with E-state index in [1.807, 2.05) is 30.1 Å². The lowest BCUT2D eigenvalue weighted by atomic mass is 10.2. The SMILES string of the molecule is CNCCCC(=O)N1CCc2c(Cl)cccc21.Cl. The summed E-state index contributed by atoms with van der Waals surface area (Å²) in [7, 11) is 1.90. The number of hydrogen-bond acceptors (Lipinski definition) is 2. The smallest absolute Gasteiger partial charge is 0.227 e. The van der Waals surface area contributed by atoms with Gasteiger partial charge in [0.1, 0.15) is 0 Å². The average molecular weight is 289 g/mol. The van der Waals surface area contributed by atoms with Gasteiger partial charge in [-0.25, -0.2) is 0 Å². The number of hydrogen-bond donors (Lipinski definition) is 1. The van der Waals surface area contributed by atoms with Crippen LogP contribution in [0.3, 0.4) is 0 Å². The molecule has 0 unspecified atom stereocenters. The van der Waals surface area contributed by atoms with Crippen LogP contribution in [-0.2, 0) is 11.2 Å². The Morgan fingerprint density at radius 3 is 3.00 bits per heavy atom. The maximum atomic E-state index is 12.0. The number of amides is 1.